The minimum atomic E-state index is -4.73. The molecule has 0 atom stereocenters. The fourth-order valence-corrected chi connectivity index (χ4v) is 1.15. The number of carbonyl (C=O) groups excluding carboxylic acids is 1. The third-order valence-electron chi connectivity index (χ3n) is 1.92. The highest BCUT2D eigenvalue weighted by molar-refractivity contribution is 6.02. The van der Waals surface area contributed by atoms with E-state index in [0.717, 1.165) is 0 Å². The molecule has 0 radical (unpaired) electrons. The van der Waals surface area contributed by atoms with Gasteiger partial charge in [0.05, 0.1) is 0 Å². The number of carbonyl (C=O) groups is 1. The summed E-state index contributed by atoms with van der Waals surface area (Å²) in [5.41, 5.74) is 0.268. The molecule has 0 saturated carbocycles. The average Bonchev–Trinajstić information content (AvgIpc) is 2.78. The van der Waals surface area contributed by atoms with E-state index in [9.17, 15) is 18.0 Å². The Morgan fingerprint density at radius 2 is 1.83 bits per heavy atom. The molecule has 1 aromatic carbocycles. The number of alkyl halides is 3. The van der Waals surface area contributed by atoms with Crippen molar-refractivity contribution in [1.82, 2.24) is 10.2 Å². The van der Waals surface area contributed by atoms with E-state index in [1.165, 1.54) is 12.1 Å². The molecule has 0 aliphatic heterocycles. The number of amides is 1. The second-order valence-electron chi connectivity index (χ2n) is 3.23. The summed E-state index contributed by atoms with van der Waals surface area (Å²) in [5, 5.41) is 7.93. The van der Waals surface area contributed by atoms with Crippen LogP contribution in [0.5, 0.6) is 0 Å². The van der Waals surface area contributed by atoms with Crippen molar-refractivity contribution >= 4 is 11.9 Å². The summed E-state index contributed by atoms with van der Waals surface area (Å²) < 4.78 is 40.7. The van der Waals surface area contributed by atoms with Crippen LogP contribution in [-0.2, 0) is 6.18 Å². The van der Waals surface area contributed by atoms with E-state index < -0.39 is 24.0 Å². The molecule has 1 N–H and O–H groups in total. The maximum Gasteiger partial charge on any atom is 0.470 e. The number of nitrogens with one attached hydrogen (secondary N) is 1. The number of halogens is 3. The Morgan fingerprint density at radius 3 is 2.39 bits per heavy atom. The maximum absolute atomic E-state index is 12.2. The highest BCUT2D eigenvalue weighted by Crippen LogP contribution is 2.28. The molecule has 8 heteroatoms. The lowest BCUT2D eigenvalue weighted by Crippen LogP contribution is -2.11. The van der Waals surface area contributed by atoms with E-state index in [2.05, 4.69) is 19.9 Å². The van der Waals surface area contributed by atoms with Crippen LogP contribution in [0.15, 0.2) is 34.7 Å². The summed E-state index contributed by atoms with van der Waals surface area (Å²) in [6.07, 6.45) is -4.73. The Bertz CT molecular complexity index is 551. The molecular formula is C10H6F3N3O2. The summed E-state index contributed by atoms with van der Waals surface area (Å²) in [5.74, 6) is -2.14. The second kappa shape index (κ2) is 4.47. The van der Waals surface area contributed by atoms with Crippen molar-refractivity contribution in [3.05, 3.63) is 41.8 Å². The average molecular weight is 257 g/mol. The standard InChI is InChI=1S/C10H6F3N3O2/c11-10(12,13)8-15-16-9(18-8)14-7(17)6-4-2-1-3-5-6/h1-5H,(H,14,16,17). The summed E-state index contributed by atoms with van der Waals surface area (Å²) in [7, 11) is 0. The normalized spacial score (nSPS) is 11.3. The molecule has 2 rings (SSSR count). The SMILES string of the molecule is O=C(Nc1nnc(C(F)(F)F)o1)c1ccccc1. The highest BCUT2D eigenvalue weighted by Gasteiger charge is 2.38. The summed E-state index contributed by atoms with van der Waals surface area (Å²) in [6.45, 7) is 0. The lowest BCUT2D eigenvalue weighted by atomic mass is 10.2. The summed E-state index contributed by atoms with van der Waals surface area (Å²) >= 11 is 0. The largest absolute Gasteiger partial charge is 0.470 e. The first-order valence-electron chi connectivity index (χ1n) is 4.74. The van der Waals surface area contributed by atoms with Gasteiger partial charge in [0, 0.05) is 5.56 Å². The van der Waals surface area contributed by atoms with Crippen molar-refractivity contribution < 1.29 is 22.4 Å². The third kappa shape index (κ3) is 2.65. The van der Waals surface area contributed by atoms with Gasteiger partial charge in [0.1, 0.15) is 0 Å². The van der Waals surface area contributed by atoms with Crippen molar-refractivity contribution in [3.63, 3.8) is 0 Å². The smallest absolute Gasteiger partial charge is 0.399 e. The molecule has 94 valence electrons. The highest BCUT2D eigenvalue weighted by atomic mass is 19.4. The molecule has 18 heavy (non-hydrogen) atoms. The van der Waals surface area contributed by atoms with E-state index >= 15 is 0 Å². The van der Waals surface area contributed by atoms with Crippen molar-refractivity contribution in [3.8, 4) is 0 Å². The van der Waals surface area contributed by atoms with Gasteiger partial charge in [-0.3, -0.25) is 10.1 Å². The molecule has 2 aromatic rings. The van der Waals surface area contributed by atoms with Crippen LogP contribution in [0.3, 0.4) is 0 Å². The zero-order valence-corrected chi connectivity index (χ0v) is 8.73. The molecule has 0 unspecified atom stereocenters. The Hall–Kier alpha value is -2.38. The maximum atomic E-state index is 12.2. The van der Waals surface area contributed by atoms with Crippen LogP contribution in [0.25, 0.3) is 0 Å². The van der Waals surface area contributed by atoms with Crippen LogP contribution in [0.2, 0.25) is 0 Å². The van der Waals surface area contributed by atoms with E-state index in [4.69, 9.17) is 0 Å². The predicted octanol–water partition coefficient (Wildman–Crippen LogP) is 2.34. The molecule has 0 spiro atoms. The van der Waals surface area contributed by atoms with Crippen molar-refractivity contribution in [2.75, 3.05) is 5.32 Å². The first-order chi connectivity index (χ1) is 8.47. The van der Waals surface area contributed by atoms with E-state index in [1.54, 1.807) is 18.2 Å². The van der Waals surface area contributed by atoms with Crippen LogP contribution in [0, 0.1) is 0 Å². The Morgan fingerprint density at radius 1 is 1.17 bits per heavy atom. The number of nitrogens with zero attached hydrogens (tertiary/aromatic N) is 2. The van der Waals surface area contributed by atoms with Crippen LogP contribution < -0.4 is 5.32 Å². The molecule has 0 bridgehead atoms. The van der Waals surface area contributed by atoms with Gasteiger partial charge in [-0.1, -0.05) is 23.3 Å². The zero-order chi connectivity index (χ0) is 13.2. The number of rotatable bonds is 2. The number of hydrogen-bond acceptors (Lipinski definition) is 4. The van der Waals surface area contributed by atoms with Gasteiger partial charge in [-0.15, -0.1) is 5.10 Å². The van der Waals surface area contributed by atoms with Crippen LogP contribution in [-0.4, -0.2) is 16.1 Å². The lowest BCUT2D eigenvalue weighted by Gasteiger charge is -2.00. The van der Waals surface area contributed by atoms with Gasteiger partial charge in [-0.05, 0) is 12.1 Å². The summed E-state index contributed by atoms with van der Waals surface area (Å²) in [4.78, 5) is 11.6. The lowest BCUT2D eigenvalue weighted by molar-refractivity contribution is -0.156. The van der Waals surface area contributed by atoms with Gasteiger partial charge in [0.15, 0.2) is 0 Å². The first kappa shape index (κ1) is 12.1. The molecule has 0 saturated heterocycles. The quantitative estimate of drug-likeness (QED) is 0.896. The molecule has 0 fully saturated rings. The van der Waals surface area contributed by atoms with Crippen LogP contribution in [0.1, 0.15) is 16.2 Å². The number of aromatic nitrogens is 2. The molecule has 0 aliphatic carbocycles. The molecule has 1 amide bonds. The first-order valence-corrected chi connectivity index (χ1v) is 4.74. The molecule has 0 aliphatic rings. The van der Waals surface area contributed by atoms with Crippen molar-refractivity contribution in [2.45, 2.75) is 6.18 Å². The van der Waals surface area contributed by atoms with E-state index in [-0.39, 0.29) is 5.56 Å². The van der Waals surface area contributed by atoms with Gasteiger partial charge < -0.3 is 4.42 Å². The van der Waals surface area contributed by atoms with Gasteiger partial charge in [-0.25, -0.2) is 0 Å². The molecule has 1 heterocycles. The van der Waals surface area contributed by atoms with Gasteiger partial charge >= 0.3 is 18.1 Å². The van der Waals surface area contributed by atoms with E-state index in [0.29, 0.717) is 0 Å². The Balaban J connectivity index is 2.11. The van der Waals surface area contributed by atoms with Gasteiger partial charge in [-0.2, -0.15) is 13.2 Å². The molecule has 5 nitrogen and oxygen atoms in total. The summed E-state index contributed by atoms with van der Waals surface area (Å²) in [6, 6.07) is 7.32. The molecule has 1 aromatic heterocycles. The van der Waals surface area contributed by atoms with Crippen molar-refractivity contribution in [1.29, 1.82) is 0 Å². The van der Waals surface area contributed by atoms with E-state index in [1.807, 2.05) is 0 Å². The fraction of sp³-hybridized carbons (Fsp3) is 0.100. The van der Waals surface area contributed by atoms with Crippen LogP contribution in [0.4, 0.5) is 19.2 Å². The molecular weight excluding hydrogens is 251 g/mol. The second-order valence-corrected chi connectivity index (χ2v) is 3.23. The van der Waals surface area contributed by atoms with Crippen molar-refractivity contribution in [2.24, 2.45) is 0 Å². The number of benzene rings is 1. The third-order valence-corrected chi connectivity index (χ3v) is 1.92. The number of hydrogen-bond donors (Lipinski definition) is 1. The Labute approximate surface area is 98.6 Å². The monoisotopic (exact) mass is 257 g/mol. The fourth-order valence-electron chi connectivity index (χ4n) is 1.15. The van der Waals surface area contributed by atoms with Gasteiger partial charge in [0.25, 0.3) is 5.91 Å². The predicted molar refractivity (Wildman–Crippen MR) is 53.7 cm³/mol. The Kier molecular flexibility index (Phi) is 3.00. The van der Waals surface area contributed by atoms with Gasteiger partial charge in [0.2, 0.25) is 0 Å². The van der Waals surface area contributed by atoms with Crippen LogP contribution >= 0.6 is 0 Å². The number of anilines is 1. The topological polar surface area (TPSA) is 68.0 Å². The minimum absolute atomic E-state index is 0.268. The zero-order valence-electron chi connectivity index (χ0n) is 8.73. The minimum Gasteiger partial charge on any atom is -0.399 e.